The van der Waals surface area contributed by atoms with Crippen molar-refractivity contribution < 1.29 is 92.1 Å². The van der Waals surface area contributed by atoms with Crippen molar-refractivity contribution in [3.05, 3.63) is 0 Å². The lowest BCUT2D eigenvalue weighted by atomic mass is 9.94. The molecule has 22 nitrogen and oxygen atoms in total. The first kappa shape index (κ1) is 56.8. The molecule has 8 fully saturated rings. The van der Waals surface area contributed by atoms with E-state index in [9.17, 15) is 39.6 Å². The van der Waals surface area contributed by atoms with Gasteiger partial charge in [-0.05, 0) is 0 Å². The van der Waals surface area contributed by atoms with Gasteiger partial charge in [-0.15, -0.1) is 0 Å². The molecule has 8 heterocycles. The highest BCUT2D eigenvalue weighted by atomic mass is 16.4. The van der Waals surface area contributed by atoms with E-state index in [2.05, 4.69) is 21.3 Å². The number of carbonyl (C=O) groups is 4. The maximum absolute atomic E-state index is 10.3. The number of hydrogen-bond donors (Lipinski definition) is 8. The lowest BCUT2D eigenvalue weighted by Gasteiger charge is -2.29. The summed E-state index contributed by atoms with van der Waals surface area (Å²) in [5.74, 6) is 0. The van der Waals surface area contributed by atoms with Crippen molar-refractivity contribution in [1.29, 1.82) is 0 Å². The summed E-state index contributed by atoms with van der Waals surface area (Å²) in [6.45, 7) is 12.1. The number of quaternary nitrogens is 4. The van der Waals surface area contributed by atoms with E-state index in [1.165, 1.54) is 155 Å². The van der Waals surface area contributed by atoms with Gasteiger partial charge in [-0.3, -0.25) is 0 Å². The van der Waals surface area contributed by atoms with Crippen LogP contribution in [0.1, 0.15) is 103 Å². The van der Waals surface area contributed by atoms with E-state index in [4.69, 9.17) is 0 Å². The molecule has 8 rings (SSSR count). The second-order valence-electron chi connectivity index (χ2n) is 16.9. The van der Waals surface area contributed by atoms with Gasteiger partial charge in [0.2, 0.25) is 0 Å². The van der Waals surface area contributed by atoms with Gasteiger partial charge in [-0.2, -0.15) is 0 Å². The minimum absolute atomic E-state index is 0. The minimum atomic E-state index is -1.13. The highest BCUT2D eigenvalue weighted by molar-refractivity contribution is 5.62. The maximum atomic E-state index is 10.3. The van der Waals surface area contributed by atoms with E-state index in [1.54, 1.807) is 19.6 Å². The molecule has 20 N–H and O–H groups in total. The average Bonchev–Trinajstić information content (AvgIpc) is 3.93. The number of amides is 4. The van der Waals surface area contributed by atoms with Crippen LogP contribution in [-0.2, 0) is 0 Å². The second kappa shape index (κ2) is 25.3. The van der Waals surface area contributed by atoms with E-state index in [-0.39, 0.29) is 55.0 Å². The number of carboxylic acid groups (broad SMARTS) is 4. The average molecular weight is 845 g/mol. The molecule has 0 radical (unpaired) electrons. The lowest BCUT2D eigenvalue weighted by molar-refractivity contribution is -0.924. The third-order valence-corrected chi connectivity index (χ3v) is 14.4. The molecule has 22 heteroatoms. The second-order valence-corrected chi connectivity index (χ2v) is 16.9. The van der Waals surface area contributed by atoms with E-state index in [0.29, 0.717) is 26.2 Å². The summed E-state index contributed by atoms with van der Waals surface area (Å²) in [5, 5.41) is 51.0. The number of hydrogen-bond acceptors (Lipinski definition) is 8. The lowest BCUT2D eigenvalue weighted by Crippen LogP contribution is -3.16. The van der Waals surface area contributed by atoms with E-state index in [0.717, 1.165) is 0 Å². The van der Waals surface area contributed by atoms with Gasteiger partial charge >= 0.3 is 0 Å². The molecule has 0 atom stereocenters. The molecule has 8 aliphatic rings. The monoisotopic (exact) mass is 845 g/mol. The Morgan fingerprint density at radius 2 is 0.466 bits per heavy atom. The highest BCUT2D eigenvalue weighted by Crippen LogP contribution is 2.26. The number of rotatable bonds is 8. The van der Waals surface area contributed by atoms with Crippen molar-refractivity contribution in [3.63, 3.8) is 0 Å². The fourth-order valence-corrected chi connectivity index (χ4v) is 11.8. The molecule has 0 spiro atoms. The van der Waals surface area contributed by atoms with Gasteiger partial charge in [0.15, 0.2) is 0 Å². The largest absolute Gasteiger partial charge is 0.530 e. The van der Waals surface area contributed by atoms with Gasteiger partial charge in [-0.25, -0.2) is 0 Å². The van der Waals surface area contributed by atoms with Crippen molar-refractivity contribution in [3.8, 4) is 0 Å². The third-order valence-electron chi connectivity index (χ3n) is 14.4. The van der Waals surface area contributed by atoms with Crippen LogP contribution >= 0.6 is 0 Å². The van der Waals surface area contributed by atoms with Gasteiger partial charge in [0.25, 0.3) is 0 Å². The predicted octanol–water partition coefficient (Wildman–Crippen LogP) is -12.4. The maximum Gasteiger partial charge on any atom is 0.134 e. The molecular formula is C36H76N8O14. The minimum Gasteiger partial charge on any atom is -0.530 e. The molecule has 8 aliphatic heterocycles. The van der Waals surface area contributed by atoms with E-state index in [1.807, 2.05) is 0 Å². The fourth-order valence-electron chi connectivity index (χ4n) is 11.8. The van der Waals surface area contributed by atoms with Crippen LogP contribution in [-0.4, -0.2) is 158 Å². The Labute approximate surface area is 340 Å². The van der Waals surface area contributed by atoms with Gasteiger partial charge in [-0.1, -0.05) is 0 Å². The number of fused-ring (bicyclic) bond motifs is 4. The summed E-state index contributed by atoms with van der Waals surface area (Å²) in [4.78, 5) is 47.6. The summed E-state index contributed by atoms with van der Waals surface area (Å²) in [6, 6.07) is 0. The standard InChI is InChI=1S/4C9H16N2O2.6H2O/c4*12-8(13)10-7-9-3-1-5-11(9)6-2-4-9;;;;;;/h4*10H,1-7H2,(H,12,13);6*1H2. The number of nitrogens with one attached hydrogen (secondary N) is 8. The normalized spacial score (nSPS) is 33.5. The molecule has 58 heavy (non-hydrogen) atoms. The molecule has 344 valence electrons. The molecular weight excluding hydrogens is 768 g/mol. The zero-order valence-electron chi connectivity index (χ0n) is 34.1. The van der Waals surface area contributed by atoms with Crippen LogP contribution in [0.25, 0.3) is 0 Å². The Kier molecular flexibility index (Phi) is 24.8. The van der Waals surface area contributed by atoms with Crippen molar-refractivity contribution in [2.45, 2.75) is 125 Å². The first-order chi connectivity index (χ1) is 24.9. The van der Waals surface area contributed by atoms with Crippen LogP contribution in [0.4, 0.5) is 19.2 Å². The Morgan fingerprint density at radius 1 is 0.328 bits per heavy atom. The molecule has 0 unspecified atom stereocenters. The SMILES string of the molecule is O.O.O.O.O.O.O=C([O-])NCC12CCC[NH+]1CCC2.O=C([O-])NCC12CCC[NH+]1CCC2.O=C([O-])NCC12CCC[NH+]1CCC2.O=C([O-])NCC12CCC[NH+]1CCC2. The van der Waals surface area contributed by atoms with Crippen molar-refractivity contribution in [1.82, 2.24) is 21.3 Å². The predicted molar refractivity (Wildman–Crippen MR) is 203 cm³/mol. The highest BCUT2D eigenvalue weighted by Gasteiger charge is 2.51. The van der Waals surface area contributed by atoms with Crippen LogP contribution in [0.15, 0.2) is 0 Å². The van der Waals surface area contributed by atoms with Gasteiger partial charge in [0.1, 0.15) is 46.5 Å². The zero-order valence-corrected chi connectivity index (χ0v) is 34.1. The summed E-state index contributed by atoms with van der Waals surface area (Å²) in [5.41, 5.74) is 0.889. The van der Waals surface area contributed by atoms with Gasteiger partial charge in [0.05, 0.1) is 78.5 Å². The van der Waals surface area contributed by atoms with Gasteiger partial charge < -0.3 is 113 Å². The molecule has 0 aliphatic carbocycles. The smallest absolute Gasteiger partial charge is 0.134 e. The Bertz CT molecular complexity index is 1030. The Morgan fingerprint density at radius 3 is 0.586 bits per heavy atom. The quantitative estimate of drug-likeness (QED) is 0.116. The molecule has 0 saturated carbocycles. The van der Waals surface area contributed by atoms with Crippen LogP contribution in [0.3, 0.4) is 0 Å². The van der Waals surface area contributed by atoms with Crippen LogP contribution in [0.5, 0.6) is 0 Å². The molecule has 8 saturated heterocycles. The molecule has 0 aromatic rings. The summed E-state index contributed by atoms with van der Waals surface area (Å²) in [7, 11) is 0. The zero-order chi connectivity index (χ0) is 37.2. The summed E-state index contributed by atoms with van der Waals surface area (Å²) in [6.07, 6.45) is 14.7. The van der Waals surface area contributed by atoms with Crippen LogP contribution in [0.2, 0.25) is 0 Å². The van der Waals surface area contributed by atoms with Gasteiger partial charge in [0, 0.05) is 103 Å². The third kappa shape index (κ3) is 13.9. The van der Waals surface area contributed by atoms with E-state index < -0.39 is 24.4 Å². The van der Waals surface area contributed by atoms with Crippen molar-refractivity contribution in [2.75, 3.05) is 78.5 Å². The molecule has 0 bridgehead atoms. The number of carbonyl (C=O) groups excluding carboxylic acids is 4. The van der Waals surface area contributed by atoms with Crippen LogP contribution in [0, 0.1) is 0 Å². The Balaban J connectivity index is 0. The van der Waals surface area contributed by atoms with Crippen LogP contribution < -0.4 is 61.3 Å². The first-order valence-electron chi connectivity index (χ1n) is 20.1. The molecule has 4 amide bonds. The first-order valence-corrected chi connectivity index (χ1v) is 20.1. The molecule has 0 aromatic carbocycles. The summed E-state index contributed by atoms with van der Waals surface area (Å²) >= 11 is 0. The topological polar surface area (TPSA) is 415 Å². The summed E-state index contributed by atoms with van der Waals surface area (Å²) < 4.78 is 0. The fraction of sp³-hybridized carbons (Fsp3) is 0.889. The van der Waals surface area contributed by atoms with Crippen molar-refractivity contribution in [2.24, 2.45) is 0 Å². The molecule has 0 aromatic heterocycles. The van der Waals surface area contributed by atoms with E-state index >= 15 is 0 Å². The van der Waals surface area contributed by atoms with Crippen molar-refractivity contribution >= 4 is 24.4 Å². The Hall–Kier alpha value is -3.32.